The van der Waals surface area contributed by atoms with Gasteiger partial charge in [0.25, 0.3) is 0 Å². The average Bonchev–Trinajstić information content (AvgIpc) is 2.95. The molecule has 0 unspecified atom stereocenters. The number of nitrogens with one attached hydrogen (secondary N) is 4. The Labute approximate surface area is 241 Å². The molecule has 1 heterocycles. The zero-order valence-electron chi connectivity index (χ0n) is 22.5. The third kappa shape index (κ3) is 9.67. The second-order valence-electron chi connectivity index (χ2n) is 9.14. The Kier molecular flexibility index (Phi) is 12.3. The van der Waals surface area contributed by atoms with Crippen LogP contribution in [0.4, 0.5) is 18.4 Å². The van der Waals surface area contributed by atoms with Crippen LogP contribution in [0.5, 0.6) is 0 Å². The molecule has 5 N–H and O–H groups in total. The van der Waals surface area contributed by atoms with Crippen molar-refractivity contribution in [1.82, 2.24) is 31.4 Å². The summed E-state index contributed by atoms with van der Waals surface area (Å²) in [5.74, 6) is -1.33. The molecule has 11 nitrogen and oxygen atoms in total. The summed E-state index contributed by atoms with van der Waals surface area (Å²) in [6, 6.07) is 7.04. The first-order chi connectivity index (χ1) is 19.7. The summed E-state index contributed by atoms with van der Waals surface area (Å²) >= 11 is 6.05. The molecule has 0 aromatic heterocycles. The highest BCUT2D eigenvalue weighted by Gasteiger charge is 2.24. The molecule has 1 aliphatic rings. The van der Waals surface area contributed by atoms with Gasteiger partial charge in [-0.1, -0.05) is 29.8 Å². The van der Waals surface area contributed by atoms with Crippen molar-refractivity contribution in [2.24, 2.45) is 0 Å². The van der Waals surface area contributed by atoms with Crippen molar-refractivity contribution in [3.63, 3.8) is 0 Å². The molecular weight excluding hydrogens is 562 g/mol. The lowest BCUT2D eigenvalue weighted by Gasteiger charge is -2.32. The van der Waals surface area contributed by atoms with Crippen LogP contribution in [0.25, 0.3) is 6.08 Å². The lowest BCUT2D eigenvalue weighted by atomic mass is 10.0. The summed E-state index contributed by atoms with van der Waals surface area (Å²) in [5.41, 5.74) is 7.20. The van der Waals surface area contributed by atoms with Gasteiger partial charge in [0, 0.05) is 32.8 Å². The van der Waals surface area contributed by atoms with Crippen LogP contribution in [0, 0.1) is 11.6 Å². The Bertz CT molecular complexity index is 1250. The number of aliphatic hydroxyl groups excluding tert-OH is 1. The molecule has 0 fully saturated rings. The van der Waals surface area contributed by atoms with Gasteiger partial charge in [-0.05, 0) is 53.8 Å². The number of hydrogen-bond acceptors (Lipinski definition) is 6. The molecule has 1 aliphatic heterocycles. The Morgan fingerprint density at radius 3 is 2.71 bits per heavy atom. The zero-order valence-corrected chi connectivity index (χ0v) is 23.2. The minimum atomic E-state index is -0.608. The summed E-state index contributed by atoms with van der Waals surface area (Å²) in [6.45, 7) is 1.66. The van der Waals surface area contributed by atoms with Crippen LogP contribution in [-0.4, -0.2) is 65.3 Å². The number of carbonyl (C=O) groups is 3. The van der Waals surface area contributed by atoms with Crippen molar-refractivity contribution in [3.8, 4) is 0 Å². The minimum Gasteiger partial charge on any atom is -0.395 e. The lowest BCUT2D eigenvalue weighted by molar-refractivity contribution is -0.138. The Morgan fingerprint density at radius 1 is 1.17 bits per heavy atom. The van der Waals surface area contributed by atoms with Gasteiger partial charge < -0.3 is 15.7 Å². The number of carbonyl (C=O) groups excluding carboxylic acids is 3. The molecule has 0 aliphatic carbocycles. The molecule has 0 saturated heterocycles. The minimum absolute atomic E-state index is 0.0411. The average molecular weight is 595 g/mol. The fourth-order valence-electron chi connectivity index (χ4n) is 4.08. The van der Waals surface area contributed by atoms with Gasteiger partial charge >= 0.3 is 12.1 Å². The number of amides is 5. The summed E-state index contributed by atoms with van der Waals surface area (Å²) in [6.07, 6.45) is 3.91. The van der Waals surface area contributed by atoms with Crippen LogP contribution in [0.15, 0.2) is 42.6 Å². The Morgan fingerprint density at radius 2 is 1.95 bits per heavy atom. The second-order valence-corrected chi connectivity index (χ2v) is 9.52. The van der Waals surface area contributed by atoms with Crippen molar-refractivity contribution < 1.29 is 33.1 Å². The maximum absolute atomic E-state index is 13.9. The summed E-state index contributed by atoms with van der Waals surface area (Å²) in [7, 11) is 0. The van der Waals surface area contributed by atoms with Gasteiger partial charge in [-0.15, -0.1) is 0 Å². The van der Waals surface area contributed by atoms with Crippen LogP contribution in [0.1, 0.15) is 36.5 Å². The van der Waals surface area contributed by atoms with Crippen LogP contribution in [0.2, 0.25) is 5.02 Å². The fraction of sp³-hybridized carbons (Fsp3) is 0.370. The highest BCUT2D eigenvalue weighted by molar-refractivity contribution is 6.31. The fourth-order valence-corrected chi connectivity index (χ4v) is 4.27. The molecule has 222 valence electrons. The van der Waals surface area contributed by atoms with E-state index in [1.54, 1.807) is 18.2 Å². The number of urea groups is 2. The first-order valence-electron chi connectivity index (χ1n) is 12.9. The molecule has 3 rings (SSSR count). The summed E-state index contributed by atoms with van der Waals surface area (Å²) in [5, 5.41) is 15.2. The summed E-state index contributed by atoms with van der Waals surface area (Å²) < 4.78 is 27.4. The van der Waals surface area contributed by atoms with Crippen LogP contribution in [0.3, 0.4) is 0 Å². The SMILES string of the molecule is CC(=O)N(NCc1cccc(F)c1Cl)[C@@H](CCCNC(=O)NCCO)CONC(=O)N1C=Cc2cc(F)ccc2C1. The zero-order chi connectivity index (χ0) is 29.8. The van der Waals surface area contributed by atoms with Crippen LogP contribution < -0.4 is 21.5 Å². The number of rotatable bonds is 13. The molecule has 1 atom stereocenters. The van der Waals surface area contributed by atoms with Crippen molar-refractivity contribution in [3.05, 3.63) is 75.9 Å². The molecular formula is C27H33ClF2N6O5. The highest BCUT2D eigenvalue weighted by Crippen LogP contribution is 2.21. The molecule has 0 saturated carbocycles. The first-order valence-corrected chi connectivity index (χ1v) is 13.3. The van der Waals surface area contributed by atoms with E-state index < -0.39 is 23.9 Å². The van der Waals surface area contributed by atoms with Gasteiger partial charge in [0.15, 0.2) is 0 Å². The van der Waals surface area contributed by atoms with E-state index >= 15 is 0 Å². The van der Waals surface area contributed by atoms with Gasteiger partial charge in [0.05, 0.1) is 30.8 Å². The molecule has 14 heteroatoms. The molecule has 41 heavy (non-hydrogen) atoms. The maximum Gasteiger partial charge on any atom is 0.345 e. The van der Waals surface area contributed by atoms with Gasteiger partial charge in [0.2, 0.25) is 5.91 Å². The molecule has 0 radical (unpaired) electrons. The number of halogens is 3. The van der Waals surface area contributed by atoms with E-state index in [1.165, 1.54) is 47.3 Å². The normalized spacial score (nSPS) is 12.9. The standard InChI is InChI=1S/C27H33ClF2N6O5/c1-18(38)36(33-15-20-4-2-6-24(30)25(20)28)23(5-3-10-31-26(39)32-11-13-37)17-41-34-27(40)35-12-9-19-14-22(29)8-7-21(19)16-35/h2,4,6-9,12,14,23,33,37H,3,5,10-11,13,15-17H2,1H3,(H,34,40)(H2,31,32,39)/t23-/m0/s1. The first kappa shape index (κ1) is 31.7. The Balaban J connectivity index is 1.60. The quantitative estimate of drug-likeness (QED) is 0.179. The monoisotopic (exact) mass is 594 g/mol. The van der Waals surface area contributed by atoms with E-state index in [1.807, 2.05) is 0 Å². The molecule has 2 aromatic rings. The number of benzene rings is 2. The topological polar surface area (TPSA) is 135 Å². The van der Waals surface area contributed by atoms with Gasteiger partial charge in [0.1, 0.15) is 11.6 Å². The summed E-state index contributed by atoms with van der Waals surface area (Å²) in [4.78, 5) is 43.9. The van der Waals surface area contributed by atoms with Crippen molar-refractivity contribution in [2.45, 2.75) is 38.9 Å². The third-order valence-electron chi connectivity index (χ3n) is 6.15. The van der Waals surface area contributed by atoms with E-state index in [9.17, 15) is 23.2 Å². The number of nitrogens with zero attached hydrogens (tertiary/aromatic N) is 2. The Hall–Kier alpha value is -3.78. The van der Waals surface area contributed by atoms with E-state index in [-0.39, 0.29) is 56.1 Å². The molecule has 0 spiro atoms. The second kappa shape index (κ2) is 15.9. The van der Waals surface area contributed by atoms with E-state index in [0.717, 1.165) is 5.56 Å². The van der Waals surface area contributed by atoms with Crippen LogP contribution >= 0.6 is 11.6 Å². The number of fused-ring (bicyclic) bond motifs is 1. The van der Waals surface area contributed by atoms with Crippen molar-refractivity contribution >= 4 is 35.6 Å². The predicted octanol–water partition coefficient (Wildman–Crippen LogP) is 3.04. The van der Waals surface area contributed by atoms with Crippen molar-refractivity contribution in [2.75, 3.05) is 26.3 Å². The molecule has 2 aromatic carbocycles. The van der Waals surface area contributed by atoms with Gasteiger partial charge in [-0.3, -0.25) is 19.5 Å². The lowest BCUT2D eigenvalue weighted by Crippen LogP contribution is -2.51. The number of hydrazine groups is 1. The molecule has 0 bridgehead atoms. The maximum atomic E-state index is 13.9. The smallest absolute Gasteiger partial charge is 0.345 e. The van der Waals surface area contributed by atoms with E-state index in [0.29, 0.717) is 24.0 Å². The highest BCUT2D eigenvalue weighted by atomic mass is 35.5. The predicted molar refractivity (Wildman–Crippen MR) is 148 cm³/mol. The number of hydroxylamine groups is 1. The van der Waals surface area contributed by atoms with Crippen molar-refractivity contribution in [1.29, 1.82) is 0 Å². The van der Waals surface area contributed by atoms with Crippen LogP contribution in [-0.2, 0) is 22.7 Å². The van der Waals surface area contributed by atoms with Gasteiger partial charge in [-0.25, -0.2) is 29.3 Å². The van der Waals surface area contributed by atoms with E-state index in [2.05, 4.69) is 21.5 Å². The molecule has 5 amide bonds. The van der Waals surface area contributed by atoms with E-state index in [4.69, 9.17) is 21.5 Å². The number of aliphatic hydroxyl groups is 1. The number of hydrogen-bond donors (Lipinski definition) is 5. The third-order valence-corrected chi connectivity index (χ3v) is 6.57. The van der Waals surface area contributed by atoms with Gasteiger partial charge in [-0.2, -0.15) is 0 Å². The largest absolute Gasteiger partial charge is 0.395 e.